The van der Waals surface area contributed by atoms with Crippen LogP contribution in [0.1, 0.15) is 60.3 Å². The van der Waals surface area contributed by atoms with Crippen LogP contribution in [0, 0.1) is 31.4 Å². The number of benzene rings is 3. The van der Waals surface area contributed by atoms with Crippen molar-refractivity contribution in [3.05, 3.63) is 101 Å². The van der Waals surface area contributed by atoms with Crippen molar-refractivity contribution in [3.8, 4) is 0 Å². The van der Waals surface area contributed by atoms with E-state index in [0.717, 1.165) is 53.7 Å². The standard InChI is InChI=1S/C33H39F2N3O2/c1-22-17-23(2)19-29(18-22)37-21-32(40)38-33(26-15-16-36-20-26)31(39)6-4-3-5-30(24-7-11-27(34)12-8-24)25-9-13-28(35)14-10-25/h7-14,17-19,26,30,33,36-37H,3-6,15-16,20-21H2,1-2H3,(H,38,40). The fraction of sp³-hybridized carbons (Fsp3) is 0.394. The number of unbranched alkanes of at least 4 members (excludes halogenated alkanes) is 1. The van der Waals surface area contributed by atoms with Gasteiger partial charge in [0.15, 0.2) is 5.78 Å². The van der Waals surface area contributed by atoms with Crippen molar-refractivity contribution >= 4 is 17.4 Å². The van der Waals surface area contributed by atoms with Gasteiger partial charge in [-0.25, -0.2) is 8.78 Å². The summed E-state index contributed by atoms with van der Waals surface area (Å²) in [6, 6.07) is 18.4. The van der Waals surface area contributed by atoms with Crippen molar-refractivity contribution < 1.29 is 18.4 Å². The first-order valence-corrected chi connectivity index (χ1v) is 14.1. The fourth-order valence-electron chi connectivity index (χ4n) is 5.63. The largest absolute Gasteiger partial charge is 0.376 e. The van der Waals surface area contributed by atoms with Crippen molar-refractivity contribution in [1.82, 2.24) is 10.6 Å². The Morgan fingerprint density at radius 2 is 1.50 bits per heavy atom. The molecular weight excluding hydrogens is 508 g/mol. The zero-order valence-electron chi connectivity index (χ0n) is 23.3. The monoisotopic (exact) mass is 547 g/mol. The molecule has 0 aromatic heterocycles. The van der Waals surface area contributed by atoms with Crippen LogP contribution in [0.3, 0.4) is 0 Å². The number of ketones is 1. The molecular formula is C33H39F2N3O2. The van der Waals surface area contributed by atoms with E-state index < -0.39 is 6.04 Å². The second-order valence-corrected chi connectivity index (χ2v) is 10.9. The number of rotatable bonds is 13. The highest BCUT2D eigenvalue weighted by Gasteiger charge is 2.31. The van der Waals surface area contributed by atoms with Gasteiger partial charge in [-0.15, -0.1) is 0 Å². The Kier molecular flexibility index (Phi) is 10.4. The minimum absolute atomic E-state index is 0.0258. The van der Waals surface area contributed by atoms with Crippen LogP contribution in [-0.4, -0.2) is 37.4 Å². The normalized spacial score (nSPS) is 15.7. The molecule has 3 aromatic carbocycles. The number of hydrogen-bond acceptors (Lipinski definition) is 4. The van der Waals surface area contributed by atoms with Crippen molar-refractivity contribution in [2.45, 2.75) is 57.9 Å². The van der Waals surface area contributed by atoms with Crippen LogP contribution in [0.15, 0.2) is 66.7 Å². The summed E-state index contributed by atoms with van der Waals surface area (Å²) in [5, 5.41) is 9.49. The summed E-state index contributed by atoms with van der Waals surface area (Å²) in [5.41, 5.74) is 5.04. The first-order chi connectivity index (χ1) is 19.3. The third kappa shape index (κ3) is 8.46. The summed E-state index contributed by atoms with van der Waals surface area (Å²) in [6.45, 7) is 5.67. The van der Waals surface area contributed by atoms with E-state index in [1.165, 1.54) is 24.3 Å². The van der Waals surface area contributed by atoms with Crippen molar-refractivity contribution in [1.29, 1.82) is 0 Å². The molecule has 4 rings (SSSR count). The summed E-state index contributed by atoms with van der Waals surface area (Å²) in [6.07, 6.45) is 3.39. The molecule has 1 amide bonds. The van der Waals surface area contributed by atoms with E-state index in [2.05, 4.69) is 22.0 Å². The Hall–Kier alpha value is -3.58. The zero-order chi connectivity index (χ0) is 28.5. The molecule has 0 spiro atoms. The van der Waals surface area contributed by atoms with Gasteiger partial charge >= 0.3 is 0 Å². The summed E-state index contributed by atoms with van der Waals surface area (Å²) in [7, 11) is 0. The minimum Gasteiger partial charge on any atom is -0.376 e. The second-order valence-electron chi connectivity index (χ2n) is 10.9. The van der Waals surface area contributed by atoms with Crippen LogP contribution in [0.2, 0.25) is 0 Å². The van der Waals surface area contributed by atoms with Gasteiger partial charge in [0.05, 0.1) is 12.6 Å². The second kappa shape index (κ2) is 14.2. The van der Waals surface area contributed by atoms with Crippen LogP contribution >= 0.6 is 0 Å². The van der Waals surface area contributed by atoms with Crippen LogP contribution in [0.4, 0.5) is 14.5 Å². The maximum Gasteiger partial charge on any atom is 0.239 e. The molecule has 1 fully saturated rings. The van der Waals surface area contributed by atoms with Crippen molar-refractivity contribution in [2.24, 2.45) is 5.92 Å². The molecule has 0 radical (unpaired) electrons. The van der Waals surface area contributed by atoms with Gasteiger partial charge in [0.2, 0.25) is 5.91 Å². The smallest absolute Gasteiger partial charge is 0.239 e. The Bertz CT molecular complexity index is 1210. The van der Waals surface area contributed by atoms with E-state index in [9.17, 15) is 18.4 Å². The SMILES string of the molecule is Cc1cc(C)cc(NCC(=O)NC(C(=O)CCCCC(c2ccc(F)cc2)c2ccc(F)cc2)C2CCNC2)c1. The van der Waals surface area contributed by atoms with Gasteiger partial charge in [-0.1, -0.05) is 36.8 Å². The number of carbonyl (C=O) groups is 2. The van der Waals surface area contributed by atoms with Gasteiger partial charge in [-0.2, -0.15) is 0 Å². The average Bonchev–Trinajstić information content (AvgIpc) is 3.46. The third-order valence-corrected chi connectivity index (χ3v) is 7.62. The number of aryl methyl sites for hydroxylation is 2. The van der Waals surface area contributed by atoms with Crippen LogP contribution < -0.4 is 16.0 Å². The maximum atomic E-state index is 13.5. The quantitative estimate of drug-likeness (QED) is 0.228. The number of hydrogen-bond donors (Lipinski definition) is 3. The molecule has 5 nitrogen and oxygen atoms in total. The highest BCUT2D eigenvalue weighted by molar-refractivity contribution is 5.90. The molecule has 2 atom stereocenters. The van der Waals surface area contributed by atoms with Gasteiger partial charge < -0.3 is 16.0 Å². The maximum absolute atomic E-state index is 13.5. The Labute approximate surface area is 235 Å². The molecule has 1 heterocycles. The van der Waals surface area contributed by atoms with Gasteiger partial charge in [-0.3, -0.25) is 9.59 Å². The molecule has 1 aliphatic rings. The molecule has 3 aromatic rings. The molecule has 2 unspecified atom stereocenters. The molecule has 0 bridgehead atoms. The van der Waals surface area contributed by atoms with Gasteiger partial charge in [0.25, 0.3) is 0 Å². The number of Topliss-reactive ketones (excluding diaryl/α,β-unsaturated/α-hetero) is 1. The number of halogens is 2. The Morgan fingerprint density at radius 3 is 2.05 bits per heavy atom. The van der Waals surface area contributed by atoms with E-state index in [0.29, 0.717) is 19.4 Å². The third-order valence-electron chi connectivity index (χ3n) is 7.62. The number of nitrogens with one attached hydrogen (secondary N) is 3. The lowest BCUT2D eigenvalue weighted by Gasteiger charge is -2.24. The summed E-state index contributed by atoms with van der Waals surface area (Å²) >= 11 is 0. The number of anilines is 1. The van der Waals surface area contributed by atoms with E-state index >= 15 is 0 Å². The van der Waals surface area contributed by atoms with Crippen LogP contribution in [-0.2, 0) is 9.59 Å². The highest BCUT2D eigenvalue weighted by atomic mass is 19.1. The molecule has 0 aliphatic carbocycles. The van der Waals surface area contributed by atoms with E-state index in [-0.39, 0.29) is 41.7 Å². The zero-order valence-corrected chi connectivity index (χ0v) is 23.3. The fourth-order valence-corrected chi connectivity index (χ4v) is 5.63. The topological polar surface area (TPSA) is 70.2 Å². The number of amides is 1. The average molecular weight is 548 g/mol. The minimum atomic E-state index is -0.520. The first kappa shape index (κ1) is 29.4. The Balaban J connectivity index is 1.33. The van der Waals surface area contributed by atoms with Crippen LogP contribution in [0.25, 0.3) is 0 Å². The van der Waals surface area contributed by atoms with E-state index in [4.69, 9.17) is 0 Å². The lowest BCUT2D eigenvalue weighted by atomic mass is 9.86. The number of carbonyl (C=O) groups excluding carboxylic acids is 2. The van der Waals surface area contributed by atoms with Gasteiger partial charge in [0, 0.05) is 24.6 Å². The molecule has 0 saturated carbocycles. The Morgan fingerprint density at radius 1 is 0.900 bits per heavy atom. The molecule has 7 heteroatoms. The predicted octanol–water partition coefficient (Wildman–Crippen LogP) is 6.05. The molecule has 3 N–H and O–H groups in total. The van der Waals surface area contributed by atoms with E-state index in [1.54, 1.807) is 24.3 Å². The predicted molar refractivity (Wildman–Crippen MR) is 155 cm³/mol. The first-order valence-electron chi connectivity index (χ1n) is 14.1. The van der Waals surface area contributed by atoms with E-state index in [1.807, 2.05) is 26.0 Å². The van der Waals surface area contributed by atoms with Gasteiger partial charge in [-0.05, 0) is 104 Å². The summed E-state index contributed by atoms with van der Waals surface area (Å²) in [5.74, 6) is -0.701. The lowest BCUT2D eigenvalue weighted by Crippen LogP contribution is -2.48. The molecule has 1 aliphatic heterocycles. The molecule has 1 saturated heterocycles. The van der Waals surface area contributed by atoms with Gasteiger partial charge in [0.1, 0.15) is 11.6 Å². The van der Waals surface area contributed by atoms with Crippen molar-refractivity contribution in [2.75, 3.05) is 25.0 Å². The molecule has 40 heavy (non-hydrogen) atoms. The summed E-state index contributed by atoms with van der Waals surface area (Å²) < 4.78 is 27.1. The lowest BCUT2D eigenvalue weighted by molar-refractivity contribution is -0.128. The highest BCUT2D eigenvalue weighted by Crippen LogP contribution is 2.30. The van der Waals surface area contributed by atoms with Crippen LogP contribution in [0.5, 0.6) is 0 Å². The molecule has 212 valence electrons. The summed E-state index contributed by atoms with van der Waals surface area (Å²) in [4.78, 5) is 26.2. The van der Waals surface area contributed by atoms with Crippen molar-refractivity contribution in [3.63, 3.8) is 0 Å².